The van der Waals surface area contributed by atoms with Crippen molar-refractivity contribution in [3.8, 4) is 35.1 Å². The van der Waals surface area contributed by atoms with Crippen molar-refractivity contribution in [3.05, 3.63) is 106 Å². The molecule has 0 saturated heterocycles. The molecule has 6 rings (SSSR count). The van der Waals surface area contributed by atoms with Gasteiger partial charge in [-0.2, -0.15) is 10.5 Å². The first-order valence-corrected chi connectivity index (χ1v) is 31.7. The molecule has 2 fully saturated rings. The molecule has 25 heteroatoms. The van der Waals surface area contributed by atoms with Gasteiger partial charge in [-0.3, -0.25) is 38.4 Å². The third kappa shape index (κ3) is 22.6. The summed E-state index contributed by atoms with van der Waals surface area (Å²) in [5, 5.41) is 19.6. The molecule has 0 spiro atoms. The van der Waals surface area contributed by atoms with E-state index < -0.39 is 102 Å². The molecule has 490 valence electrons. The number of benzene rings is 3. The van der Waals surface area contributed by atoms with Crippen LogP contribution in [0.15, 0.2) is 93.4 Å². The lowest BCUT2D eigenvalue weighted by Gasteiger charge is -2.27. The van der Waals surface area contributed by atoms with Crippen molar-refractivity contribution in [2.75, 3.05) is 33.0 Å². The first kappa shape index (κ1) is 72.3. The van der Waals surface area contributed by atoms with E-state index in [-0.39, 0.29) is 75.8 Å². The summed E-state index contributed by atoms with van der Waals surface area (Å²) in [5.74, 6) is -6.61. The minimum absolute atomic E-state index is 0.0467. The van der Waals surface area contributed by atoms with Crippen LogP contribution in [0.2, 0.25) is 0 Å². The van der Waals surface area contributed by atoms with E-state index in [9.17, 15) is 58.5 Å². The highest BCUT2D eigenvalue weighted by Crippen LogP contribution is 2.61. The lowest BCUT2D eigenvalue weighted by Crippen LogP contribution is -2.31. The molecular weight excluding hydrogens is 1230 g/mol. The van der Waals surface area contributed by atoms with Gasteiger partial charge in [-0.15, -0.1) is 0 Å². The van der Waals surface area contributed by atoms with E-state index in [1.807, 2.05) is 12.1 Å². The summed E-state index contributed by atoms with van der Waals surface area (Å²) in [4.78, 5) is 126. The highest BCUT2D eigenvalue weighted by molar-refractivity contribution is 8.24. The van der Waals surface area contributed by atoms with Crippen LogP contribution < -0.4 is 18.9 Å². The Kier molecular flexibility index (Phi) is 28.5. The van der Waals surface area contributed by atoms with E-state index >= 15 is 0 Å². The quantitative estimate of drug-likeness (QED) is 0.0190. The van der Waals surface area contributed by atoms with Gasteiger partial charge in [0.15, 0.2) is 0 Å². The number of esters is 10. The Morgan fingerprint density at radius 3 is 1.16 bits per heavy atom. The number of nitrogens with zero attached hydrogens (tertiary/aromatic N) is 2. The molecule has 0 aromatic heterocycles. The van der Waals surface area contributed by atoms with Crippen molar-refractivity contribution < 1.29 is 100 Å². The average molecular weight is 1310 g/mol. The Labute approximate surface area is 541 Å². The van der Waals surface area contributed by atoms with Crippen molar-refractivity contribution in [2.24, 2.45) is 23.7 Å². The van der Waals surface area contributed by atoms with Crippen molar-refractivity contribution in [2.45, 2.75) is 153 Å². The average Bonchev–Trinajstić information content (AvgIpc) is 1.55. The SMILES string of the molecule is C=CC(=O)OC(C)COC(=O)CCC(=O)OCCc1ccc(OC(=O)[C@H]2CC[C@H](C(=O)Oc3c(C)c(C)c(OC(=O)[C@H]4CC[C@H](C(=O)Oc5ccc(CCOC(=O)CCC(=O)OCC(C)OCC(C)OC(=O)C=C)cc5)CC4)c4c3SC(=C(C#N)C#N)S4)CC2)cc1. The summed E-state index contributed by atoms with van der Waals surface area (Å²) in [7, 11) is 0. The molecule has 23 nitrogen and oxygen atoms in total. The molecule has 2 saturated carbocycles. The number of carbonyl (C=O) groups excluding carboxylic acids is 10. The summed E-state index contributed by atoms with van der Waals surface area (Å²) in [5.41, 5.74) is 2.45. The van der Waals surface area contributed by atoms with Crippen LogP contribution in [0.4, 0.5) is 0 Å². The Balaban J connectivity index is 0.914. The number of hydrogen-bond donors (Lipinski definition) is 0. The number of thioether (sulfide) groups is 2. The van der Waals surface area contributed by atoms with Crippen LogP contribution in [0, 0.1) is 60.2 Å². The number of fused-ring (bicyclic) bond motifs is 1. The second kappa shape index (κ2) is 36.3. The zero-order chi connectivity index (χ0) is 66.9. The molecule has 3 aromatic carbocycles. The Bertz CT molecular complexity index is 3310. The molecule has 0 amide bonds. The maximum atomic E-state index is 13.9. The van der Waals surface area contributed by atoms with E-state index in [4.69, 9.17) is 52.1 Å². The zero-order valence-electron chi connectivity index (χ0n) is 51.9. The molecule has 3 atom stereocenters. The molecule has 0 bridgehead atoms. The van der Waals surface area contributed by atoms with Gasteiger partial charge in [0.05, 0.1) is 89.3 Å². The number of hydrogen-bond acceptors (Lipinski definition) is 25. The van der Waals surface area contributed by atoms with Crippen LogP contribution in [-0.4, -0.2) is 111 Å². The fraction of sp³-hybridized carbons (Fsp3) is 0.463. The van der Waals surface area contributed by atoms with E-state index in [1.165, 1.54) is 0 Å². The van der Waals surface area contributed by atoms with Crippen molar-refractivity contribution in [1.82, 2.24) is 0 Å². The van der Waals surface area contributed by atoms with Crippen molar-refractivity contribution >= 4 is 83.2 Å². The summed E-state index contributed by atoms with van der Waals surface area (Å²) < 4.78 is 60.2. The van der Waals surface area contributed by atoms with E-state index in [1.54, 1.807) is 83.1 Å². The molecule has 0 radical (unpaired) electrons. The first-order chi connectivity index (χ1) is 44.1. The van der Waals surface area contributed by atoms with Crippen LogP contribution in [0.3, 0.4) is 0 Å². The molecule has 92 heavy (non-hydrogen) atoms. The van der Waals surface area contributed by atoms with Crippen LogP contribution >= 0.6 is 23.5 Å². The Morgan fingerprint density at radius 2 is 0.815 bits per heavy atom. The van der Waals surface area contributed by atoms with Crippen LogP contribution in [0.25, 0.3) is 0 Å². The predicted octanol–water partition coefficient (Wildman–Crippen LogP) is 9.85. The minimum Gasteiger partial charge on any atom is -0.465 e. The van der Waals surface area contributed by atoms with Gasteiger partial charge in [0.25, 0.3) is 0 Å². The third-order valence-corrected chi connectivity index (χ3v) is 17.7. The first-order valence-electron chi connectivity index (χ1n) is 30.1. The van der Waals surface area contributed by atoms with Crippen LogP contribution in [-0.2, 0) is 93.9 Å². The van der Waals surface area contributed by atoms with Gasteiger partial charge in [0.1, 0.15) is 66.1 Å². The topological polar surface area (TPSA) is 320 Å². The van der Waals surface area contributed by atoms with E-state index in [2.05, 4.69) is 13.2 Å². The second-order valence-corrected chi connectivity index (χ2v) is 24.4. The standard InChI is InChI=1S/C67H74N2O21S2/c1-8-53(70)85-40(4)37-82-39(3)36-83-57(74)28-26-55(72)80-32-30-44-10-22-51(23-11-44)87-63(76)46-14-18-48(19-15-46)65(78)89-59-42(6)43(7)60(62-61(59)91-67(92-62)50(34-68)35-69)90-66(79)49-20-16-47(17-21-49)64(77)88-52-24-12-45(13-25-52)31-33-81-56(73)27-29-58(75)84-38-41(5)86-54(71)9-2/h8-13,22-25,39-41,46-49H,1-2,14-21,26-33,36-38H2,3-7H3/t39?,40?,41?,46-,47-,48-,49-. The van der Waals surface area contributed by atoms with Gasteiger partial charge in [0, 0.05) is 25.0 Å². The molecule has 3 aromatic rings. The van der Waals surface area contributed by atoms with E-state index in [0.717, 1.165) is 46.8 Å². The van der Waals surface area contributed by atoms with Crippen molar-refractivity contribution in [3.63, 3.8) is 0 Å². The molecule has 2 aliphatic carbocycles. The van der Waals surface area contributed by atoms with Gasteiger partial charge in [-0.05, 0) is 133 Å². The number of rotatable bonds is 31. The van der Waals surface area contributed by atoms with Gasteiger partial charge < -0.3 is 52.1 Å². The van der Waals surface area contributed by atoms with Gasteiger partial charge in [-0.25, -0.2) is 9.59 Å². The number of nitriles is 2. The number of allylic oxidation sites excluding steroid dienone is 1. The summed E-state index contributed by atoms with van der Waals surface area (Å²) in [6, 6.07) is 17.3. The van der Waals surface area contributed by atoms with E-state index in [0.29, 0.717) is 101 Å². The zero-order valence-corrected chi connectivity index (χ0v) is 53.6. The predicted molar refractivity (Wildman–Crippen MR) is 329 cm³/mol. The molecular formula is C67H74N2O21S2. The maximum Gasteiger partial charge on any atom is 0.330 e. The number of ether oxygens (including phenoxy) is 11. The van der Waals surface area contributed by atoms with Crippen molar-refractivity contribution in [1.29, 1.82) is 10.5 Å². The summed E-state index contributed by atoms with van der Waals surface area (Å²) >= 11 is 2.14. The highest BCUT2D eigenvalue weighted by Gasteiger charge is 2.39. The molecule has 1 aliphatic heterocycles. The Hall–Kier alpha value is -8.78. The summed E-state index contributed by atoms with van der Waals surface area (Å²) in [6.07, 6.45) is 3.10. The maximum absolute atomic E-state index is 13.9. The van der Waals surface area contributed by atoms with Gasteiger partial charge >= 0.3 is 59.7 Å². The fourth-order valence-electron chi connectivity index (χ4n) is 9.68. The highest BCUT2D eigenvalue weighted by atomic mass is 32.2. The smallest absolute Gasteiger partial charge is 0.330 e. The van der Waals surface area contributed by atoms with Gasteiger partial charge in [0.2, 0.25) is 0 Å². The molecule has 3 aliphatic rings. The molecule has 1 heterocycles. The largest absolute Gasteiger partial charge is 0.465 e. The normalized spacial score (nSPS) is 17.4. The fourth-order valence-corrected chi connectivity index (χ4v) is 12.3. The molecule has 0 N–H and O–H groups in total. The minimum atomic E-state index is -0.676. The third-order valence-electron chi connectivity index (χ3n) is 15.1. The van der Waals surface area contributed by atoms with Gasteiger partial charge in [-0.1, -0.05) is 60.9 Å². The van der Waals surface area contributed by atoms with Crippen LogP contribution in [0.5, 0.6) is 23.0 Å². The second-order valence-electron chi connectivity index (χ2n) is 22.1. The van der Waals surface area contributed by atoms with Crippen LogP contribution in [0.1, 0.15) is 120 Å². The lowest BCUT2D eigenvalue weighted by molar-refractivity contribution is -0.156. The Morgan fingerprint density at radius 1 is 0.489 bits per heavy atom. The monoisotopic (exact) mass is 1310 g/mol. The molecule has 3 unspecified atom stereocenters. The lowest BCUT2D eigenvalue weighted by atomic mass is 9.82. The number of carbonyl (C=O) groups is 10. The summed E-state index contributed by atoms with van der Waals surface area (Å²) in [6.45, 7) is 14.9.